The zero-order valence-corrected chi connectivity index (χ0v) is 10.5. The Bertz CT molecular complexity index is 460. The third-order valence-corrected chi connectivity index (χ3v) is 3.27. The number of likely N-dealkylation sites (N-methyl/N-ethyl adjacent to an activating group) is 1. The van der Waals surface area contributed by atoms with Gasteiger partial charge in [0.25, 0.3) is 0 Å². The van der Waals surface area contributed by atoms with Crippen molar-refractivity contribution in [3.05, 3.63) is 23.8 Å². The number of hydrogen-bond donors (Lipinski definition) is 2. The molecule has 1 aromatic carbocycles. The monoisotopic (exact) mass is 251 g/mol. The maximum Gasteiger partial charge on any atom is 0.307 e. The van der Waals surface area contributed by atoms with E-state index in [2.05, 4.69) is 0 Å². The number of phenolic OH excluding ortho intramolecular Hbond substituents is 1. The highest BCUT2D eigenvalue weighted by atomic mass is 16.5. The molecule has 2 atom stereocenters. The van der Waals surface area contributed by atoms with Gasteiger partial charge in [0, 0.05) is 18.2 Å². The van der Waals surface area contributed by atoms with Crippen LogP contribution < -0.4 is 4.74 Å². The molecule has 98 valence electrons. The van der Waals surface area contributed by atoms with Crippen LogP contribution in [0.3, 0.4) is 0 Å². The number of carbonyl (C=O) groups is 1. The van der Waals surface area contributed by atoms with Crippen molar-refractivity contribution in [2.75, 3.05) is 20.2 Å². The summed E-state index contributed by atoms with van der Waals surface area (Å²) in [5.41, 5.74) is 0.993. The topological polar surface area (TPSA) is 70.0 Å². The van der Waals surface area contributed by atoms with Crippen LogP contribution in [-0.2, 0) is 4.79 Å². The summed E-state index contributed by atoms with van der Waals surface area (Å²) in [7, 11) is 1.88. The Labute approximate surface area is 106 Å². The Morgan fingerprint density at radius 1 is 1.61 bits per heavy atom. The summed E-state index contributed by atoms with van der Waals surface area (Å²) in [6, 6.07) is 5.07. The summed E-state index contributed by atoms with van der Waals surface area (Å²) in [4.78, 5) is 12.8. The summed E-state index contributed by atoms with van der Waals surface area (Å²) in [5.74, 6) is -0.367. The van der Waals surface area contributed by atoms with Crippen LogP contribution in [0.4, 0.5) is 0 Å². The number of benzene rings is 1. The lowest BCUT2D eigenvalue weighted by atomic mass is 10.1. The molecule has 2 rings (SSSR count). The first-order chi connectivity index (χ1) is 8.49. The van der Waals surface area contributed by atoms with Crippen molar-refractivity contribution in [3.63, 3.8) is 0 Å². The number of hydrogen-bond acceptors (Lipinski definition) is 4. The van der Waals surface area contributed by atoms with E-state index < -0.39 is 11.9 Å². The molecule has 0 aromatic heterocycles. The van der Waals surface area contributed by atoms with Crippen LogP contribution in [0.15, 0.2) is 18.2 Å². The Morgan fingerprint density at radius 2 is 2.33 bits per heavy atom. The average molecular weight is 251 g/mol. The summed E-state index contributed by atoms with van der Waals surface area (Å²) in [6.45, 7) is 2.64. The fourth-order valence-electron chi connectivity index (χ4n) is 2.18. The maximum atomic E-state index is 10.8. The third-order valence-electron chi connectivity index (χ3n) is 3.27. The van der Waals surface area contributed by atoms with E-state index in [-0.39, 0.29) is 11.8 Å². The van der Waals surface area contributed by atoms with E-state index in [1.54, 1.807) is 19.1 Å². The molecular weight excluding hydrogens is 234 g/mol. The molecule has 5 nitrogen and oxygen atoms in total. The van der Waals surface area contributed by atoms with Crippen molar-refractivity contribution >= 4 is 5.97 Å². The second-order valence-electron chi connectivity index (χ2n) is 4.73. The number of nitrogens with zero attached hydrogens (tertiary/aromatic N) is 1. The molecule has 18 heavy (non-hydrogen) atoms. The number of aromatic hydroxyl groups is 1. The lowest BCUT2D eigenvalue weighted by Gasteiger charge is -2.24. The molecule has 1 heterocycles. The first kappa shape index (κ1) is 12.7. The maximum absolute atomic E-state index is 10.8. The zero-order chi connectivity index (χ0) is 13.3. The number of rotatable bonds is 4. The second-order valence-corrected chi connectivity index (χ2v) is 4.73. The van der Waals surface area contributed by atoms with Crippen LogP contribution in [0.5, 0.6) is 11.5 Å². The normalized spacial score (nSPS) is 19.4. The quantitative estimate of drug-likeness (QED) is 0.848. The highest BCUT2D eigenvalue weighted by molar-refractivity contribution is 5.69. The van der Waals surface area contributed by atoms with E-state index in [1.807, 2.05) is 18.0 Å². The van der Waals surface area contributed by atoms with Gasteiger partial charge in [0.15, 0.2) is 0 Å². The van der Waals surface area contributed by atoms with Gasteiger partial charge in [0.1, 0.15) is 18.1 Å². The minimum absolute atomic E-state index is 0.0439. The van der Waals surface area contributed by atoms with Crippen molar-refractivity contribution in [2.45, 2.75) is 13.0 Å². The number of phenols is 1. The smallest absolute Gasteiger partial charge is 0.307 e. The van der Waals surface area contributed by atoms with E-state index in [4.69, 9.17) is 9.84 Å². The lowest BCUT2D eigenvalue weighted by Crippen LogP contribution is -2.32. The summed E-state index contributed by atoms with van der Waals surface area (Å²) in [5, 5.41) is 18.3. The van der Waals surface area contributed by atoms with E-state index in [9.17, 15) is 9.90 Å². The largest absolute Gasteiger partial charge is 0.508 e. The van der Waals surface area contributed by atoms with Crippen LogP contribution >= 0.6 is 0 Å². The SMILES string of the molecule is CC(CN(C)C1COc2cc(O)ccc21)C(=O)O. The lowest BCUT2D eigenvalue weighted by molar-refractivity contribution is -0.141. The van der Waals surface area contributed by atoms with E-state index in [0.717, 1.165) is 5.56 Å². The second kappa shape index (κ2) is 4.86. The number of fused-ring (bicyclic) bond motifs is 1. The molecule has 0 radical (unpaired) electrons. The van der Waals surface area contributed by atoms with Crippen molar-refractivity contribution < 1.29 is 19.7 Å². The molecule has 5 heteroatoms. The van der Waals surface area contributed by atoms with Crippen molar-refractivity contribution in [3.8, 4) is 11.5 Å². The third kappa shape index (κ3) is 2.41. The van der Waals surface area contributed by atoms with Crippen molar-refractivity contribution in [1.29, 1.82) is 0 Å². The number of carboxylic acid groups (broad SMARTS) is 1. The predicted octanol–water partition coefficient (Wildman–Crippen LogP) is 1.48. The molecule has 1 aliphatic heterocycles. The molecule has 1 aromatic rings. The van der Waals surface area contributed by atoms with E-state index in [0.29, 0.717) is 18.9 Å². The molecule has 0 saturated carbocycles. The Hall–Kier alpha value is -1.75. The first-order valence-electron chi connectivity index (χ1n) is 5.88. The van der Waals surface area contributed by atoms with Crippen LogP contribution in [-0.4, -0.2) is 41.3 Å². The fraction of sp³-hybridized carbons (Fsp3) is 0.462. The fourth-order valence-corrected chi connectivity index (χ4v) is 2.18. The molecule has 0 amide bonds. The minimum atomic E-state index is -0.799. The van der Waals surface area contributed by atoms with Gasteiger partial charge in [-0.1, -0.05) is 6.92 Å². The van der Waals surface area contributed by atoms with Crippen LogP contribution in [0, 0.1) is 5.92 Å². The molecule has 0 bridgehead atoms. The summed E-state index contributed by atoms with van der Waals surface area (Å²) in [6.07, 6.45) is 0. The van der Waals surface area contributed by atoms with Gasteiger partial charge in [0.2, 0.25) is 0 Å². The van der Waals surface area contributed by atoms with Crippen LogP contribution in [0.1, 0.15) is 18.5 Å². The van der Waals surface area contributed by atoms with Gasteiger partial charge in [-0.05, 0) is 19.2 Å². The molecule has 0 aliphatic carbocycles. The van der Waals surface area contributed by atoms with E-state index in [1.165, 1.54) is 0 Å². The van der Waals surface area contributed by atoms with Gasteiger partial charge in [-0.25, -0.2) is 0 Å². The Balaban J connectivity index is 2.11. The molecule has 1 aliphatic rings. The number of carboxylic acids is 1. The van der Waals surface area contributed by atoms with Gasteiger partial charge in [0.05, 0.1) is 12.0 Å². The predicted molar refractivity (Wildman–Crippen MR) is 65.8 cm³/mol. The molecule has 2 unspecified atom stereocenters. The summed E-state index contributed by atoms with van der Waals surface area (Å²) < 4.78 is 5.51. The zero-order valence-electron chi connectivity index (χ0n) is 10.5. The summed E-state index contributed by atoms with van der Waals surface area (Å²) >= 11 is 0. The standard InChI is InChI=1S/C13H17NO4/c1-8(13(16)17)6-14(2)11-7-18-12-5-9(15)3-4-10(11)12/h3-5,8,11,15H,6-7H2,1-2H3,(H,16,17). The highest BCUT2D eigenvalue weighted by Crippen LogP contribution is 2.37. The Kier molecular flexibility index (Phi) is 3.43. The van der Waals surface area contributed by atoms with Crippen molar-refractivity contribution in [2.24, 2.45) is 5.92 Å². The molecule has 0 saturated heterocycles. The van der Waals surface area contributed by atoms with E-state index >= 15 is 0 Å². The number of ether oxygens (including phenoxy) is 1. The van der Waals surface area contributed by atoms with Gasteiger partial charge < -0.3 is 14.9 Å². The van der Waals surface area contributed by atoms with Crippen LogP contribution in [0.2, 0.25) is 0 Å². The van der Waals surface area contributed by atoms with Gasteiger partial charge in [-0.15, -0.1) is 0 Å². The Morgan fingerprint density at radius 3 is 3.00 bits per heavy atom. The number of aliphatic carboxylic acids is 1. The molecule has 0 spiro atoms. The van der Waals surface area contributed by atoms with Gasteiger partial charge in [-0.3, -0.25) is 9.69 Å². The van der Waals surface area contributed by atoms with Gasteiger partial charge >= 0.3 is 5.97 Å². The minimum Gasteiger partial charge on any atom is -0.508 e. The molecular formula is C13H17NO4. The highest BCUT2D eigenvalue weighted by Gasteiger charge is 2.29. The van der Waals surface area contributed by atoms with Gasteiger partial charge in [-0.2, -0.15) is 0 Å². The molecule has 2 N–H and O–H groups in total. The first-order valence-corrected chi connectivity index (χ1v) is 5.88. The van der Waals surface area contributed by atoms with Crippen molar-refractivity contribution in [1.82, 2.24) is 4.90 Å². The van der Waals surface area contributed by atoms with Crippen LogP contribution in [0.25, 0.3) is 0 Å². The molecule has 0 fully saturated rings. The average Bonchev–Trinajstić information content (AvgIpc) is 2.71.